The highest BCUT2D eigenvalue weighted by atomic mass is 15.2. The molecule has 0 unspecified atom stereocenters. The number of para-hydroxylation sites is 2. The molecule has 0 bridgehead atoms. The number of rotatable bonds is 5. The molecule has 0 fully saturated rings. The van der Waals surface area contributed by atoms with Crippen molar-refractivity contribution in [2.24, 2.45) is 0 Å². The summed E-state index contributed by atoms with van der Waals surface area (Å²) >= 11 is 0. The Labute approximate surface area is 331 Å². The topological polar surface area (TPSA) is 6.48 Å². The van der Waals surface area contributed by atoms with E-state index in [2.05, 4.69) is 232 Å². The number of fused-ring (bicyclic) bond motifs is 4. The summed E-state index contributed by atoms with van der Waals surface area (Å²) in [6.07, 6.45) is 0. The molecule has 56 heavy (non-hydrogen) atoms. The fourth-order valence-electron chi connectivity index (χ4n) is 9.22. The maximum Gasteiger partial charge on any atom is 0.0508 e. The molecule has 2 heteroatoms. The second-order valence-electron chi connectivity index (χ2n) is 16.2. The molecule has 270 valence electrons. The van der Waals surface area contributed by atoms with Crippen LogP contribution in [0.25, 0.3) is 33.4 Å². The molecular weight excluding hydrogens is 677 g/mol. The first kappa shape index (κ1) is 33.9. The number of hydrogen-bond acceptors (Lipinski definition) is 2. The maximum absolute atomic E-state index is 2.46. The zero-order valence-electron chi connectivity index (χ0n) is 32.4. The van der Waals surface area contributed by atoms with Gasteiger partial charge in [0.05, 0.1) is 22.7 Å². The molecule has 2 aliphatic rings. The molecule has 0 spiro atoms. The van der Waals surface area contributed by atoms with E-state index in [1.54, 1.807) is 0 Å². The standard InChI is InChI=1S/C54H44N2/c1-53(2)45-19-11-13-21-49(45)55(43-29-23-39(24-30-43)37-15-7-5-8-16-37)51-35-41(27-33-47(51)53)42-28-34-48-52(36-42)56(50-22-14-12-20-46(50)54(48,3)4)44-31-25-40(26-32-44)38-17-9-6-10-18-38/h5-36H,1-4H3. The first-order valence-electron chi connectivity index (χ1n) is 19.7. The lowest BCUT2D eigenvalue weighted by Gasteiger charge is -2.43. The van der Waals surface area contributed by atoms with E-state index >= 15 is 0 Å². The Morgan fingerprint density at radius 3 is 0.964 bits per heavy atom. The van der Waals surface area contributed by atoms with E-state index in [-0.39, 0.29) is 10.8 Å². The predicted molar refractivity (Wildman–Crippen MR) is 236 cm³/mol. The van der Waals surface area contributed by atoms with Crippen LogP contribution in [0.4, 0.5) is 34.1 Å². The van der Waals surface area contributed by atoms with Gasteiger partial charge in [0.25, 0.3) is 0 Å². The number of nitrogens with zero attached hydrogens (tertiary/aromatic N) is 2. The third kappa shape index (κ3) is 5.39. The highest BCUT2D eigenvalue weighted by Gasteiger charge is 2.39. The summed E-state index contributed by atoms with van der Waals surface area (Å²) in [6, 6.07) is 71.4. The van der Waals surface area contributed by atoms with Gasteiger partial charge < -0.3 is 9.80 Å². The minimum absolute atomic E-state index is 0.169. The summed E-state index contributed by atoms with van der Waals surface area (Å²) in [5, 5.41) is 0. The molecule has 0 atom stereocenters. The van der Waals surface area contributed by atoms with E-state index < -0.39 is 0 Å². The molecule has 2 aliphatic heterocycles. The normalized spacial score (nSPS) is 14.6. The van der Waals surface area contributed by atoms with Crippen LogP contribution in [-0.2, 0) is 10.8 Å². The molecule has 10 rings (SSSR count). The van der Waals surface area contributed by atoms with E-state index in [1.807, 2.05) is 0 Å². The molecular formula is C54H44N2. The second-order valence-corrected chi connectivity index (χ2v) is 16.2. The van der Waals surface area contributed by atoms with Crippen LogP contribution < -0.4 is 9.80 Å². The first-order chi connectivity index (χ1) is 27.3. The van der Waals surface area contributed by atoms with Crippen molar-refractivity contribution in [2.75, 3.05) is 9.80 Å². The Balaban J connectivity index is 1.11. The van der Waals surface area contributed by atoms with Crippen LogP contribution in [0, 0.1) is 0 Å². The van der Waals surface area contributed by atoms with Crippen LogP contribution in [-0.4, -0.2) is 0 Å². The summed E-state index contributed by atoms with van der Waals surface area (Å²) in [6.45, 7) is 9.44. The van der Waals surface area contributed by atoms with E-state index in [9.17, 15) is 0 Å². The number of anilines is 6. The number of benzene rings is 8. The molecule has 0 saturated heterocycles. The lowest BCUT2D eigenvalue weighted by atomic mass is 9.72. The van der Waals surface area contributed by atoms with Crippen LogP contribution >= 0.6 is 0 Å². The lowest BCUT2D eigenvalue weighted by molar-refractivity contribution is 0.631. The SMILES string of the molecule is CC1(C)c2ccccc2N(c2ccc(-c3ccccc3)cc2)c2cc(-c3ccc4c(c3)N(c3ccc(-c5ccccc5)cc3)c3ccccc3C4(C)C)ccc21. The van der Waals surface area contributed by atoms with Gasteiger partial charge in [0.1, 0.15) is 0 Å². The van der Waals surface area contributed by atoms with Crippen LogP contribution in [0.2, 0.25) is 0 Å². The van der Waals surface area contributed by atoms with Gasteiger partial charge in [0, 0.05) is 22.2 Å². The van der Waals surface area contributed by atoms with Crippen molar-refractivity contribution in [3.8, 4) is 33.4 Å². The Kier molecular flexibility index (Phi) is 7.87. The van der Waals surface area contributed by atoms with E-state index in [0.29, 0.717) is 0 Å². The third-order valence-corrected chi connectivity index (χ3v) is 12.3. The summed E-state index contributed by atoms with van der Waals surface area (Å²) in [5.74, 6) is 0. The van der Waals surface area contributed by atoms with Gasteiger partial charge in [-0.25, -0.2) is 0 Å². The molecule has 0 N–H and O–H groups in total. The predicted octanol–water partition coefficient (Wildman–Crippen LogP) is 14.9. The van der Waals surface area contributed by atoms with Gasteiger partial charge in [-0.3, -0.25) is 0 Å². The van der Waals surface area contributed by atoms with Crippen molar-refractivity contribution >= 4 is 34.1 Å². The maximum atomic E-state index is 2.46. The van der Waals surface area contributed by atoms with Crippen LogP contribution in [0.5, 0.6) is 0 Å². The molecule has 2 heterocycles. The van der Waals surface area contributed by atoms with Gasteiger partial charge in [-0.05, 0) is 104 Å². The molecule has 8 aromatic rings. The molecule has 0 aromatic heterocycles. The van der Waals surface area contributed by atoms with Crippen molar-refractivity contribution < 1.29 is 0 Å². The summed E-state index contributed by atoms with van der Waals surface area (Å²) in [5.41, 5.74) is 19.4. The van der Waals surface area contributed by atoms with Crippen molar-refractivity contribution in [1.82, 2.24) is 0 Å². The van der Waals surface area contributed by atoms with Gasteiger partial charge in [-0.2, -0.15) is 0 Å². The monoisotopic (exact) mass is 720 g/mol. The summed E-state index contributed by atoms with van der Waals surface area (Å²) < 4.78 is 0. The third-order valence-electron chi connectivity index (χ3n) is 12.3. The summed E-state index contributed by atoms with van der Waals surface area (Å²) in [7, 11) is 0. The van der Waals surface area contributed by atoms with Crippen molar-refractivity contribution in [2.45, 2.75) is 38.5 Å². The molecule has 8 aromatic carbocycles. The Morgan fingerprint density at radius 2 is 0.571 bits per heavy atom. The highest BCUT2D eigenvalue weighted by molar-refractivity contribution is 5.92. The van der Waals surface area contributed by atoms with Gasteiger partial charge in [0.15, 0.2) is 0 Å². The van der Waals surface area contributed by atoms with Gasteiger partial charge in [-0.15, -0.1) is 0 Å². The molecule has 0 radical (unpaired) electrons. The smallest absolute Gasteiger partial charge is 0.0508 e. The van der Waals surface area contributed by atoms with Crippen molar-refractivity contribution in [3.63, 3.8) is 0 Å². The van der Waals surface area contributed by atoms with Gasteiger partial charge >= 0.3 is 0 Å². The van der Waals surface area contributed by atoms with Gasteiger partial charge in [0.2, 0.25) is 0 Å². The first-order valence-corrected chi connectivity index (χ1v) is 19.7. The minimum atomic E-state index is -0.169. The van der Waals surface area contributed by atoms with Crippen LogP contribution in [0.1, 0.15) is 49.9 Å². The van der Waals surface area contributed by atoms with Crippen LogP contribution in [0.15, 0.2) is 194 Å². The zero-order chi connectivity index (χ0) is 38.0. The Morgan fingerprint density at radius 1 is 0.268 bits per heavy atom. The quantitative estimate of drug-likeness (QED) is 0.175. The lowest BCUT2D eigenvalue weighted by Crippen LogP contribution is -2.31. The van der Waals surface area contributed by atoms with E-state index in [4.69, 9.17) is 0 Å². The summed E-state index contributed by atoms with van der Waals surface area (Å²) in [4.78, 5) is 4.93. The highest BCUT2D eigenvalue weighted by Crippen LogP contribution is 2.55. The van der Waals surface area contributed by atoms with E-state index in [0.717, 1.165) is 11.4 Å². The average molecular weight is 721 g/mol. The Bertz CT molecular complexity index is 2530. The van der Waals surface area contributed by atoms with Gasteiger partial charge in [-0.1, -0.05) is 173 Å². The number of hydrogen-bond donors (Lipinski definition) is 0. The fraction of sp³-hybridized carbons (Fsp3) is 0.111. The van der Waals surface area contributed by atoms with Crippen molar-refractivity contribution in [3.05, 3.63) is 216 Å². The molecule has 0 amide bonds. The molecule has 0 saturated carbocycles. The minimum Gasteiger partial charge on any atom is -0.310 e. The largest absolute Gasteiger partial charge is 0.310 e. The fourth-order valence-corrected chi connectivity index (χ4v) is 9.22. The Hall–Kier alpha value is -6.64. The van der Waals surface area contributed by atoms with Crippen molar-refractivity contribution in [1.29, 1.82) is 0 Å². The molecule has 2 nitrogen and oxygen atoms in total. The van der Waals surface area contributed by atoms with E-state index in [1.165, 1.54) is 78.4 Å². The zero-order valence-corrected chi connectivity index (χ0v) is 32.4. The van der Waals surface area contributed by atoms with Crippen LogP contribution in [0.3, 0.4) is 0 Å². The second kappa shape index (κ2) is 13.0. The molecule has 0 aliphatic carbocycles. The average Bonchev–Trinajstić information content (AvgIpc) is 3.25.